The molecule has 2 fully saturated rings. The van der Waals surface area contributed by atoms with Crippen LogP contribution >= 0.6 is 0 Å². The molecule has 1 N–H and O–H groups in total. The van der Waals surface area contributed by atoms with Crippen LogP contribution in [0.15, 0.2) is 58.5 Å². The van der Waals surface area contributed by atoms with Gasteiger partial charge in [-0.2, -0.15) is 0 Å². The van der Waals surface area contributed by atoms with Crippen LogP contribution in [0.25, 0.3) is 0 Å². The lowest BCUT2D eigenvalue weighted by Crippen LogP contribution is -2.48. The summed E-state index contributed by atoms with van der Waals surface area (Å²) in [6.45, 7) is 9.58. The zero-order valence-corrected chi connectivity index (χ0v) is 22.0. The molecule has 2 aromatic heterocycles. The molecule has 4 bridgehead atoms. The number of nitrogens with zero attached hydrogens (tertiary/aromatic N) is 4. The Morgan fingerprint density at radius 2 is 1.38 bits per heavy atom. The maximum Gasteiger partial charge on any atom is 0.164 e. The second kappa shape index (κ2) is 7.15. The van der Waals surface area contributed by atoms with E-state index in [1.54, 1.807) is 0 Å². The van der Waals surface area contributed by atoms with Crippen LogP contribution in [0.4, 0.5) is 11.6 Å². The minimum absolute atomic E-state index is 0.346. The lowest BCUT2D eigenvalue weighted by Gasteiger charge is -2.56. The van der Waals surface area contributed by atoms with E-state index in [2.05, 4.69) is 81.5 Å². The number of amidine groups is 2. The molecular weight excluding hydrogens is 454 g/mol. The molecule has 3 aromatic rings. The zero-order valence-electron chi connectivity index (χ0n) is 22.0. The summed E-state index contributed by atoms with van der Waals surface area (Å²) in [6, 6.07) is 17.0. The largest absolute Gasteiger partial charge is 0.324 e. The van der Waals surface area contributed by atoms with Gasteiger partial charge in [-0.1, -0.05) is 64.1 Å². The molecule has 0 saturated heterocycles. The predicted molar refractivity (Wildman–Crippen MR) is 148 cm³/mol. The van der Waals surface area contributed by atoms with E-state index in [0.29, 0.717) is 28.5 Å². The van der Waals surface area contributed by atoms with Crippen LogP contribution < -0.4 is 5.32 Å². The molecular formula is C32H33N5. The number of aromatic nitrogens is 2. The second-order valence-corrected chi connectivity index (χ2v) is 13.0. The number of anilines is 1. The quantitative estimate of drug-likeness (QED) is 0.432. The van der Waals surface area contributed by atoms with Gasteiger partial charge < -0.3 is 5.32 Å². The van der Waals surface area contributed by atoms with Crippen LogP contribution in [0.1, 0.15) is 86.0 Å². The Morgan fingerprint density at radius 3 is 2.05 bits per heavy atom. The van der Waals surface area contributed by atoms with Gasteiger partial charge in [0.05, 0.1) is 0 Å². The maximum atomic E-state index is 5.10. The van der Waals surface area contributed by atoms with Crippen LogP contribution in [0.2, 0.25) is 0 Å². The van der Waals surface area contributed by atoms with E-state index in [-0.39, 0.29) is 0 Å². The first-order valence-electron chi connectivity index (χ1n) is 13.8. The van der Waals surface area contributed by atoms with E-state index >= 15 is 0 Å². The first kappa shape index (κ1) is 21.7. The Hall–Kier alpha value is -3.34. The predicted octanol–water partition coefficient (Wildman–Crippen LogP) is 6.80. The highest BCUT2D eigenvalue weighted by atomic mass is 15.1. The number of hydrogen-bond acceptors (Lipinski definition) is 4. The molecule has 1 aromatic carbocycles. The molecule has 7 aliphatic rings. The average molecular weight is 488 g/mol. The van der Waals surface area contributed by atoms with E-state index < -0.39 is 0 Å². The number of aliphatic imine (C=N–C) groups is 2. The fraction of sp³-hybridized carbons (Fsp3) is 0.438. The van der Waals surface area contributed by atoms with Gasteiger partial charge in [0.25, 0.3) is 0 Å². The lowest BCUT2D eigenvalue weighted by atomic mass is 9.48. The van der Waals surface area contributed by atoms with Gasteiger partial charge in [0, 0.05) is 34.4 Å². The number of fused-ring (bicyclic) bond motifs is 1. The SMILES string of the molecule is CC1(C)[C@H]2Cc3ccc(N=C4N=C(Nc5ccc6c(n5)[C@@H]5C[C@H](C6)C5(C)C)c5ccccc54)nc3[C@@H]1C2. The molecule has 2 saturated carbocycles. The smallest absolute Gasteiger partial charge is 0.164 e. The number of rotatable bonds is 2. The van der Waals surface area contributed by atoms with Crippen molar-refractivity contribution in [2.45, 2.75) is 65.2 Å². The number of nitrogens with one attached hydrogen (secondary N) is 1. The minimum atomic E-state index is 0.346. The van der Waals surface area contributed by atoms with Crippen molar-refractivity contribution in [3.05, 3.63) is 82.2 Å². The molecule has 3 heterocycles. The molecule has 5 nitrogen and oxygen atoms in total. The fourth-order valence-electron chi connectivity index (χ4n) is 7.78. The van der Waals surface area contributed by atoms with Gasteiger partial charge in [-0.15, -0.1) is 0 Å². The van der Waals surface area contributed by atoms with Crippen LogP contribution in [0, 0.1) is 22.7 Å². The fourth-order valence-corrected chi connectivity index (χ4v) is 7.78. The van der Waals surface area contributed by atoms with E-state index in [1.165, 1.54) is 35.4 Å². The molecule has 1 aliphatic heterocycles. The summed E-state index contributed by atoms with van der Waals surface area (Å²) < 4.78 is 0. The number of hydrogen-bond donors (Lipinski definition) is 1. The third-order valence-corrected chi connectivity index (χ3v) is 10.7. The van der Waals surface area contributed by atoms with Crippen molar-refractivity contribution < 1.29 is 0 Å². The first-order valence-corrected chi connectivity index (χ1v) is 13.8. The maximum absolute atomic E-state index is 5.10. The summed E-state index contributed by atoms with van der Waals surface area (Å²) in [5.41, 5.74) is 8.15. The molecule has 0 radical (unpaired) electrons. The molecule has 37 heavy (non-hydrogen) atoms. The van der Waals surface area contributed by atoms with Crippen LogP contribution in [-0.4, -0.2) is 21.6 Å². The molecule has 186 valence electrons. The third-order valence-electron chi connectivity index (χ3n) is 10.7. The van der Waals surface area contributed by atoms with Gasteiger partial charge in [0.1, 0.15) is 11.7 Å². The van der Waals surface area contributed by atoms with Gasteiger partial charge in [0.15, 0.2) is 11.7 Å². The van der Waals surface area contributed by atoms with Gasteiger partial charge in [-0.05, 0) is 71.6 Å². The summed E-state index contributed by atoms with van der Waals surface area (Å²) in [7, 11) is 0. The Bertz CT molecular complexity index is 1540. The van der Waals surface area contributed by atoms with Crippen molar-refractivity contribution >= 4 is 23.3 Å². The van der Waals surface area contributed by atoms with E-state index in [0.717, 1.165) is 53.3 Å². The van der Waals surface area contributed by atoms with Gasteiger partial charge in [-0.25, -0.2) is 20.0 Å². The number of benzene rings is 1. The average Bonchev–Trinajstić information content (AvgIpc) is 3.24. The molecule has 5 heteroatoms. The van der Waals surface area contributed by atoms with Crippen molar-refractivity contribution in [3.8, 4) is 0 Å². The first-order chi connectivity index (χ1) is 17.8. The Kier molecular flexibility index (Phi) is 4.20. The Morgan fingerprint density at radius 1 is 0.757 bits per heavy atom. The molecule has 6 aliphatic carbocycles. The van der Waals surface area contributed by atoms with E-state index in [4.69, 9.17) is 20.0 Å². The summed E-state index contributed by atoms with van der Waals surface area (Å²) in [5, 5.41) is 3.54. The minimum Gasteiger partial charge on any atom is -0.324 e. The topological polar surface area (TPSA) is 62.5 Å². The summed E-state index contributed by atoms with van der Waals surface area (Å²) in [5.74, 6) is 5.83. The van der Waals surface area contributed by atoms with Gasteiger partial charge in [-0.3, -0.25) is 0 Å². The normalized spacial score (nSPS) is 29.8. The highest BCUT2D eigenvalue weighted by Gasteiger charge is 2.54. The van der Waals surface area contributed by atoms with Crippen LogP contribution in [-0.2, 0) is 12.8 Å². The molecule has 4 atom stereocenters. The van der Waals surface area contributed by atoms with Crippen molar-refractivity contribution in [2.75, 3.05) is 5.32 Å². The van der Waals surface area contributed by atoms with Crippen LogP contribution in [0.5, 0.6) is 0 Å². The van der Waals surface area contributed by atoms with E-state index in [9.17, 15) is 0 Å². The Labute approximate surface area is 218 Å². The molecule has 10 rings (SSSR count). The molecule has 0 spiro atoms. The van der Waals surface area contributed by atoms with Crippen molar-refractivity contribution in [3.63, 3.8) is 0 Å². The second-order valence-electron chi connectivity index (χ2n) is 13.0. The summed E-state index contributed by atoms with van der Waals surface area (Å²) in [6.07, 6.45) is 4.82. The highest BCUT2D eigenvalue weighted by molar-refractivity contribution is 6.26. The molecule has 0 unspecified atom stereocenters. The van der Waals surface area contributed by atoms with Crippen LogP contribution in [0.3, 0.4) is 0 Å². The summed E-state index contributed by atoms with van der Waals surface area (Å²) >= 11 is 0. The highest BCUT2D eigenvalue weighted by Crippen LogP contribution is 2.62. The monoisotopic (exact) mass is 487 g/mol. The van der Waals surface area contributed by atoms with Gasteiger partial charge in [0.2, 0.25) is 0 Å². The van der Waals surface area contributed by atoms with Crippen molar-refractivity contribution in [1.82, 2.24) is 9.97 Å². The lowest BCUT2D eigenvalue weighted by molar-refractivity contribution is 0.0156. The van der Waals surface area contributed by atoms with Crippen molar-refractivity contribution in [2.24, 2.45) is 32.7 Å². The summed E-state index contributed by atoms with van der Waals surface area (Å²) in [4.78, 5) is 20.1. The third kappa shape index (κ3) is 2.97. The zero-order chi connectivity index (χ0) is 25.1. The number of pyridine rings is 2. The van der Waals surface area contributed by atoms with E-state index in [1.807, 2.05) is 0 Å². The van der Waals surface area contributed by atoms with Crippen molar-refractivity contribution in [1.29, 1.82) is 0 Å². The Balaban J connectivity index is 1.13. The standard InChI is InChI=1S/C32H33N5/c1-31(2)19-13-17-9-11-25(33-27(17)23(31)15-19)35-29-21-7-5-6-8-22(21)30(37-29)36-26-12-10-18-14-20-16-24(28(18)34-26)32(20,3)4/h5-12,19-20,23-24H,13-16H2,1-4H3,(H,33,34,35,36,37)/t19-,20-,23-,24-/m0/s1. The molecule has 0 amide bonds. The van der Waals surface area contributed by atoms with Gasteiger partial charge >= 0.3 is 0 Å².